The van der Waals surface area contributed by atoms with E-state index in [2.05, 4.69) is 0 Å². The Kier molecular flexibility index (Phi) is 3.13. The predicted octanol–water partition coefficient (Wildman–Crippen LogP) is 2.06. The van der Waals surface area contributed by atoms with Crippen molar-refractivity contribution < 1.29 is 13.2 Å². The Balaban J connectivity index is 2.96. The number of nitrogens with two attached hydrogens (primary N) is 1. The van der Waals surface area contributed by atoms with Crippen molar-refractivity contribution in [1.29, 1.82) is 0 Å². The van der Waals surface area contributed by atoms with Crippen LogP contribution in [-0.2, 0) is 0 Å². The van der Waals surface area contributed by atoms with Gasteiger partial charge in [0.1, 0.15) is 6.04 Å². The van der Waals surface area contributed by atoms with E-state index < -0.39 is 12.2 Å². The van der Waals surface area contributed by atoms with Crippen LogP contribution >= 0.6 is 0 Å². The average molecular weight is 204 g/mol. The van der Waals surface area contributed by atoms with E-state index in [0.717, 1.165) is 5.56 Å². The highest BCUT2D eigenvalue weighted by Gasteiger charge is 2.39. The Morgan fingerprint density at radius 1 is 1.21 bits per heavy atom. The van der Waals surface area contributed by atoms with Crippen molar-refractivity contribution in [3.05, 3.63) is 35.4 Å². The monoisotopic (exact) mass is 204 g/mol. The van der Waals surface area contributed by atoms with Crippen molar-refractivity contribution >= 4 is 0 Å². The molecule has 5 heteroatoms. The molecule has 0 amide bonds. The van der Waals surface area contributed by atoms with Crippen molar-refractivity contribution in [3.63, 3.8) is 0 Å². The van der Waals surface area contributed by atoms with Gasteiger partial charge in [0.15, 0.2) is 0 Å². The average Bonchev–Trinajstić information content (AvgIpc) is 2.07. The van der Waals surface area contributed by atoms with E-state index in [-0.39, 0.29) is 5.56 Å². The second-order valence-corrected chi connectivity index (χ2v) is 3.05. The second-order valence-electron chi connectivity index (χ2n) is 3.05. The van der Waals surface area contributed by atoms with Gasteiger partial charge in [0.25, 0.3) is 0 Å². The molecule has 3 N–H and O–H groups in total. The molecule has 1 rings (SSSR count). The maximum Gasteiger partial charge on any atom is 0.409 e. The number of nitrogens with one attached hydrogen (secondary N) is 1. The summed E-state index contributed by atoms with van der Waals surface area (Å²) in [5.74, 6) is 4.86. The normalized spacial score (nSPS) is 14.1. The molecule has 14 heavy (non-hydrogen) atoms. The van der Waals surface area contributed by atoms with Crippen LogP contribution in [0.3, 0.4) is 0 Å². The van der Waals surface area contributed by atoms with Crippen molar-refractivity contribution in [2.75, 3.05) is 0 Å². The fourth-order valence-electron chi connectivity index (χ4n) is 1.14. The Morgan fingerprint density at radius 3 is 2.07 bits per heavy atom. The first-order valence-corrected chi connectivity index (χ1v) is 4.04. The van der Waals surface area contributed by atoms with Gasteiger partial charge in [0.2, 0.25) is 0 Å². The zero-order valence-electron chi connectivity index (χ0n) is 7.60. The van der Waals surface area contributed by atoms with Crippen LogP contribution in [-0.4, -0.2) is 6.18 Å². The lowest BCUT2D eigenvalue weighted by Gasteiger charge is -2.19. The number of hydrogen-bond acceptors (Lipinski definition) is 2. The van der Waals surface area contributed by atoms with Gasteiger partial charge in [0.05, 0.1) is 0 Å². The molecule has 0 saturated heterocycles. The molecule has 78 valence electrons. The van der Waals surface area contributed by atoms with Crippen LogP contribution in [0.1, 0.15) is 17.2 Å². The summed E-state index contributed by atoms with van der Waals surface area (Å²) in [5.41, 5.74) is 2.78. The molecule has 0 fully saturated rings. The van der Waals surface area contributed by atoms with Crippen molar-refractivity contribution in [1.82, 2.24) is 5.43 Å². The summed E-state index contributed by atoms with van der Waals surface area (Å²) in [5, 5.41) is 0. The maximum absolute atomic E-state index is 12.4. The van der Waals surface area contributed by atoms with E-state index in [9.17, 15) is 13.2 Å². The van der Waals surface area contributed by atoms with Crippen LogP contribution in [0.2, 0.25) is 0 Å². The minimum atomic E-state index is -4.37. The molecular formula is C9H11F3N2. The molecule has 0 heterocycles. The highest BCUT2D eigenvalue weighted by atomic mass is 19.4. The molecule has 0 aliphatic rings. The van der Waals surface area contributed by atoms with Gasteiger partial charge >= 0.3 is 6.18 Å². The van der Waals surface area contributed by atoms with Crippen LogP contribution in [0.5, 0.6) is 0 Å². The van der Waals surface area contributed by atoms with E-state index in [1.807, 2.05) is 6.92 Å². The van der Waals surface area contributed by atoms with Gasteiger partial charge in [-0.15, -0.1) is 0 Å². The van der Waals surface area contributed by atoms with Crippen molar-refractivity contribution in [2.45, 2.75) is 19.1 Å². The van der Waals surface area contributed by atoms with E-state index >= 15 is 0 Å². The Morgan fingerprint density at radius 2 is 1.71 bits per heavy atom. The molecule has 2 nitrogen and oxygen atoms in total. The highest BCUT2D eigenvalue weighted by Crippen LogP contribution is 2.31. The molecule has 1 aromatic rings. The molecule has 0 saturated carbocycles. The lowest BCUT2D eigenvalue weighted by molar-refractivity contribution is -0.157. The second kappa shape index (κ2) is 3.98. The predicted molar refractivity (Wildman–Crippen MR) is 47.3 cm³/mol. The highest BCUT2D eigenvalue weighted by molar-refractivity contribution is 5.24. The van der Waals surface area contributed by atoms with Crippen LogP contribution in [0.15, 0.2) is 24.3 Å². The molecule has 0 radical (unpaired) electrons. The number of halogens is 3. The zero-order chi connectivity index (χ0) is 10.8. The SMILES string of the molecule is Cc1ccc([C@@H](NN)C(F)(F)F)cc1. The molecule has 0 spiro atoms. The van der Waals surface area contributed by atoms with E-state index in [0.29, 0.717) is 0 Å². The maximum atomic E-state index is 12.4. The van der Waals surface area contributed by atoms with E-state index in [4.69, 9.17) is 5.84 Å². The third kappa shape index (κ3) is 2.46. The molecule has 1 aromatic carbocycles. The number of alkyl halides is 3. The van der Waals surface area contributed by atoms with Gasteiger partial charge in [-0.3, -0.25) is 5.84 Å². The summed E-state index contributed by atoms with van der Waals surface area (Å²) in [6.45, 7) is 1.81. The third-order valence-corrected chi connectivity index (χ3v) is 1.90. The molecular weight excluding hydrogens is 193 g/mol. The minimum Gasteiger partial charge on any atom is -0.271 e. The quantitative estimate of drug-likeness (QED) is 0.571. The molecule has 0 unspecified atom stereocenters. The van der Waals surface area contributed by atoms with Gasteiger partial charge in [-0.05, 0) is 12.5 Å². The fourth-order valence-corrected chi connectivity index (χ4v) is 1.14. The summed E-state index contributed by atoms with van der Waals surface area (Å²) in [6.07, 6.45) is -4.37. The topological polar surface area (TPSA) is 38.0 Å². The van der Waals surface area contributed by atoms with Crippen LogP contribution in [0.25, 0.3) is 0 Å². The molecule has 1 atom stereocenters. The Hall–Kier alpha value is -1.07. The molecule has 0 aliphatic heterocycles. The summed E-state index contributed by atoms with van der Waals surface area (Å²) < 4.78 is 37.1. The van der Waals surface area contributed by atoms with E-state index in [1.54, 1.807) is 17.6 Å². The van der Waals surface area contributed by atoms with Crippen LogP contribution in [0.4, 0.5) is 13.2 Å². The molecule has 0 aromatic heterocycles. The smallest absolute Gasteiger partial charge is 0.271 e. The van der Waals surface area contributed by atoms with E-state index in [1.165, 1.54) is 12.1 Å². The lowest BCUT2D eigenvalue weighted by Crippen LogP contribution is -2.38. The van der Waals surface area contributed by atoms with Gasteiger partial charge in [-0.25, -0.2) is 5.43 Å². The molecule has 0 bridgehead atoms. The standard InChI is InChI=1S/C9H11F3N2/c1-6-2-4-7(5-3-6)8(14-13)9(10,11)12/h2-5,8,14H,13H2,1H3/t8-/m1/s1. The summed E-state index contributed by atoms with van der Waals surface area (Å²) in [4.78, 5) is 0. The third-order valence-electron chi connectivity index (χ3n) is 1.90. The first-order chi connectivity index (χ1) is 6.45. The van der Waals surface area contributed by atoms with Crippen molar-refractivity contribution in [3.8, 4) is 0 Å². The Bertz CT molecular complexity index is 292. The van der Waals surface area contributed by atoms with Gasteiger partial charge in [-0.1, -0.05) is 29.8 Å². The number of aryl methyl sites for hydroxylation is 1. The van der Waals surface area contributed by atoms with Gasteiger partial charge in [-0.2, -0.15) is 13.2 Å². The summed E-state index contributed by atoms with van der Waals surface area (Å²) >= 11 is 0. The summed E-state index contributed by atoms with van der Waals surface area (Å²) in [7, 11) is 0. The summed E-state index contributed by atoms with van der Waals surface area (Å²) in [6, 6.07) is 4.25. The number of benzene rings is 1. The minimum absolute atomic E-state index is 0.116. The van der Waals surface area contributed by atoms with Gasteiger partial charge in [0, 0.05) is 0 Å². The van der Waals surface area contributed by atoms with Crippen LogP contribution < -0.4 is 11.3 Å². The Labute approximate surface area is 79.9 Å². The molecule has 0 aliphatic carbocycles. The number of rotatable bonds is 2. The first kappa shape index (κ1) is 11.0. The first-order valence-electron chi connectivity index (χ1n) is 4.04. The van der Waals surface area contributed by atoms with Crippen molar-refractivity contribution in [2.24, 2.45) is 5.84 Å². The number of hydrazine groups is 1. The van der Waals surface area contributed by atoms with Gasteiger partial charge < -0.3 is 0 Å². The zero-order valence-corrected chi connectivity index (χ0v) is 7.60. The largest absolute Gasteiger partial charge is 0.409 e. The van der Waals surface area contributed by atoms with Crippen LogP contribution in [0, 0.1) is 6.92 Å². The number of hydrogen-bond donors (Lipinski definition) is 2. The lowest BCUT2D eigenvalue weighted by atomic mass is 10.1. The fraction of sp³-hybridized carbons (Fsp3) is 0.333.